The Morgan fingerprint density at radius 2 is 1.86 bits per heavy atom. The van der Waals surface area contributed by atoms with E-state index < -0.39 is 28.9 Å². The number of aromatic nitrogens is 1. The van der Waals surface area contributed by atoms with Crippen LogP contribution in [0.4, 0.5) is 22.0 Å². The molecule has 0 bridgehead atoms. The maximum atomic E-state index is 12.2. The molecule has 0 aliphatic heterocycles. The molecule has 14 heavy (non-hydrogen) atoms. The van der Waals surface area contributed by atoms with Gasteiger partial charge < -0.3 is 0 Å². The number of nitrogens with zero attached hydrogens (tertiary/aromatic N) is 1. The van der Waals surface area contributed by atoms with Crippen LogP contribution < -0.4 is 0 Å². The Balaban J connectivity index is 3.36. The molecule has 0 unspecified atom stereocenters. The second kappa shape index (κ2) is 3.68. The highest BCUT2D eigenvalue weighted by atomic mass is 35.5. The Hall–Kier alpha value is -0.910. The van der Waals surface area contributed by atoms with Crippen LogP contribution >= 0.6 is 11.6 Å². The lowest BCUT2D eigenvalue weighted by atomic mass is 10.2. The summed E-state index contributed by atoms with van der Waals surface area (Å²) in [6, 6.07) is 0.887. The quantitative estimate of drug-likeness (QED) is 0.672. The Kier molecular flexibility index (Phi) is 2.94. The van der Waals surface area contributed by atoms with E-state index in [9.17, 15) is 22.0 Å². The van der Waals surface area contributed by atoms with Gasteiger partial charge in [-0.05, 0) is 6.07 Å². The number of rotatable bonds is 1. The van der Waals surface area contributed by atoms with Crippen molar-refractivity contribution in [2.75, 3.05) is 0 Å². The summed E-state index contributed by atoms with van der Waals surface area (Å²) in [5.41, 5.74) is -2.92. The van der Waals surface area contributed by atoms with Gasteiger partial charge in [-0.2, -0.15) is 13.2 Å². The predicted molar refractivity (Wildman–Crippen MR) is 39.2 cm³/mol. The van der Waals surface area contributed by atoms with Gasteiger partial charge in [0.25, 0.3) is 6.43 Å². The van der Waals surface area contributed by atoms with E-state index in [1.807, 2.05) is 0 Å². The monoisotopic (exact) mass is 231 g/mol. The first-order valence-electron chi connectivity index (χ1n) is 3.33. The summed E-state index contributed by atoms with van der Waals surface area (Å²) in [4.78, 5) is 2.84. The lowest BCUT2D eigenvalue weighted by Gasteiger charge is -2.11. The standard InChI is InChI=1S/C7H3ClF5N/c8-3-1-2-14-5(7(11,12)13)4(3)6(9)10/h1-2,6H. The minimum absolute atomic E-state index is 0.637. The van der Waals surface area contributed by atoms with Crippen molar-refractivity contribution in [2.24, 2.45) is 0 Å². The van der Waals surface area contributed by atoms with E-state index in [0.717, 1.165) is 12.3 Å². The van der Waals surface area contributed by atoms with Gasteiger partial charge in [0.1, 0.15) is 0 Å². The first-order chi connectivity index (χ1) is 6.34. The number of halogens is 6. The van der Waals surface area contributed by atoms with Crippen LogP contribution in [0.1, 0.15) is 17.7 Å². The van der Waals surface area contributed by atoms with Crippen molar-refractivity contribution in [1.29, 1.82) is 0 Å². The predicted octanol–water partition coefficient (Wildman–Crippen LogP) is 3.69. The third-order valence-electron chi connectivity index (χ3n) is 1.42. The third kappa shape index (κ3) is 2.12. The van der Waals surface area contributed by atoms with Crippen LogP contribution in [0.5, 0.6) is 0 Å². The first kappa shape index (κ1) is 11.2. The van der Waals surface area contributed by atoms with Crippen LogP contribution in [0.25, 0.3) is 0 Å². The smallest absolute Gasteiger partial charge is 0.251 e. The highest BCUT2D eigenvalue weighted by Gasteiger charge is 2.38. The minimum Gasteiger partial charge on any atom is -0.251 e. The highest BCUT2D eigenvalue weighted by Crippen LogP contribution is 2.37. The number of hydrogen-bond acceptors (Lipinski definition) is 1. The minimum atomic E-state index is -4.92. The molecule has 1 rings (SSSR count). The molecule has 0 aromatic carbocycles. The van der Waals surface area contributed by atoms with E-state index in [0.29, 0.717) is 0 Å². The van der Waals surface area contributed by atoms with Gasteiger partial charge in [-0.3, -0.25) is 4.98 Å². The third-order valence-corrected chi connectivity index (χ3v) is 1.75. The van der Waals surface area contributed by atoms with Crippen LogP contribution in [-0.2, 0) is 6.18 Å². The van der Waals surface area contributed by atoms with Crippen LogP contribution in [0.3, 0.4) is 0 Å². The molecule has 1 aromatic heterocycles. The molecular weight excluding hydrogens is 229 g/mol. The van der Waals surface area contributed by atoms with Crippen LogP contribution in [0.15, 0.2) is 12.3 Å². The zero-order valence-electron chi connectivity index (χ0n) is 6.45. The fraction of sp³-hybridized carbons (Fsp3) is 0.286. The van der Waals surface area contributed by atoms with E-state index in [1.54, 1.807) is 0 Å². The average Bonchev–Trinajstić information content (AvgIpc) is 2.01. The van der Waals surface area contributed by atoms with Crippen molar-refractivity contribution in [3.05, 3.63) is 28.5 Å². The van der Waals surface area contributed by atoms with Crippen molar-refractivity contribution >= 4 is 11.6 Å². The Morgan fingerprint density at radius 1 is 1.29 bits per heavy atom. The Bertz CT molecular complexity index is 335. The lowest BCUT2D eigenvalue weighted by Crippen LogP contribution is -2.12. The fourth-order valence-electron chi connectivity index (χ4n) is 0.883. The normalized spacial score (nSPS) is 12.2. The first-order valence-corrected chi connectivity index (χ1v) is 3.71. The maximum Gasteiger partial charge on any atom is 0.433 e. The molecule has 0 saturated carbocycles. The van der Waals surface area contributed by atoms with Gasteiger partial charge in [0.2, 0.25) is 0 Å². The van der Waals surface area contributed by atoms with E-state index in [4.69, 9.17) is 11.6 Å². The van der Waals surface area contributed by atoms with Gasteiger partial charge in [0.15, 0.2) is 5.69 Å². The fourth-order valence-corrected chi connectivity index (χ4v) is 1.11. The summed E-state index contributed by atoms with van der Waals surface area (Å²) >= 11 is 5.21. The molecule has 0 aliphatic rings. The molecule has 0 saturated heterocycles. The van der Waals surface area contributed by atoms with Crippen LogP contribution in [0, 0.1) is 0 Å². The zero-order valence-corrected chi connectivity index (χ0v) is 7.20. The van der Waals surface area contributed by atoms with E-state index in [1.165, 1.54) is 0 Å². The average molecular weight is 232 g/mol. The van der Waals surface area contributed by atoms with Gasteiger partial charge >= 0.3 is 6.18 Å². The number of pyridine rings is 1. The summed E-state index contributed by atoms with van der Waals surface area (Å²) in [5, 5.41) is -0.637. The summed E-state index contributed by atoms with van der Waals surface area (Å²) in [7, 11) is 0. The van der Waals surface area contributed by atoms with Crippen molar-refractivity contribution in [3.63, 3.8) is 0 Å². The summed E-state index contributed by atoms with van der Waals surface area (Å²) in [5.74, 6) is 0. The van der Waals surface area contributed by atoms with Gasteiger partial charge in [-0.25, -0.2) is 8.78 Å². The van der Waals surface area contributed by atoms with Gasteiger partial charge in [0, 0.05) is 6.20 Å². The SMILES string of the molecule is FC(F)c1c(Cl)ccnc1C(F)(F)F. The molecule has 0 aliphatic carbocycles. The summed E-state index contributed by atoms with van der Waals surface area (Å²) < 4.78 is 60.8. The molecule has 0 amide bonds. The molecule has 0 fully saturated rings. The van der Waals surface area contributed by atoms with Crippen molar-refractivity contribution in [2.45, 2.75) is 12.6 Å². The molecule has 1 aromatic rings. The maximum absolute atomic E-state index is 12.2. The van der Waals surface area contributed by atoms with E-state index >= 15 is 0 Å². The molecular formula is C7H3ClF5N. The number of hydrogen-bond donors (Lipinski definition) is 0. The van der Waals surface area contributed by atoms with Gasteiger partial charge in [0.05, 0.1) is 10.6 Å². The van der Waals surface area contributed by atoms with Crippen molar-refractivity contribution < 1.29 is 22.0 Å². The summed E-state index contributed by atoms with van der Waals surface area (Å²) in [6.45, 7) is 0. The topological polar surface area (TPSA) is 12.9 Å². The molecule has 1 nitrogen and oxygen atoms in total. The van der Waals surface area contributed by atoms with Crippen molar-refractivity contribution in [3.8, 4) is 0 Å². The van der Waals surface area contributed by atoms with E-state index in [2.05, 4.69) is 4.98 Å². The second-order valence-corrected chi connectivity index (χ2v) is 2.76. The molecule has 0 spiro atoms. The van der Waals surface area contributed by atoms with Gasteiger partial charge in [-0.1, -0.05) is 11.6 Å². The Labute approximate surface area is 80.5 Å². The highest BCUT2D eigenvalue weighted by molar-refractivity contribution is 6.31. The lowest BCUT2D eigenvalue weighted by molar-refractivity contribution is -0.143. The molecule has 1 heterocycles. The van der Waals surface area contributed by atoms with Crippen LogP contribution in [-0.4, -0.2) is 4.98 Å². The molecule has 0 N–H and O–H groups in total. The summed E-state index contributed by atoms with van der Waals surface area (Å²) in [6.07, 6.45) is -7.49. The number of alkyl halides is 5. The largest absolute Gasteiger partial charge is 0.433 e. The Morgan fingerprint density at radius 3 is 2.21 bits per heavy atom. The van der Waals surface area contributed by atoms with Crippen molar-refractivity contribution in [1.82, 2.24) is 4.98 Å². The van der Waals surface area contributed by atoms with Crippen LogP contribution in [0.2, 0.25) is 5.02 Å². The van der Waals surface area contributed by atoms with Gasteiger partial charge in [-0.15, -0.1) is 0 Å². The zero-order chi connectivity index (χ0) is 10.9. The second-order valence-electron chi connectivity index (χ2n) is 2.35. The van der Waals surface area contributed by atoms with E-state index in [-0.39, 0.29) is 0 Å². The molecule has 0 atom stereocenters. The molecule has 7 heteroatoms. The molecule has 0 radical (unpaired) electrons. The molecule has 78 valence electrons.